The van der Waals surface area contributed by atoms with Gasteiger partial charge in [0.1, 0.15) is 17.6 Å². The number of nitrogens with two attached hydrogens (primary N) is 1. The summed E-state index contributed by atoms with van der Waals surface area (Å²) in [4.78, 5) is 22.9. The minimum atomic E-state index is -0.875. The Balaban J connectivity index is 2.94. The van der Waals surface area contributed by atoms with E-state index in [-0.39, 0.29) is 17.2 Å². The Morgan fingerprint density at radius 2 is 2.00 bits per heavy atom. The van der Waals surface area contributed by atoms with Crippen LogP contribution in [-0.2, 0) is 4.79 Å². The van der Waals surface area contributed by atoms with Crippen molar-refractivity contribution in [2.75, 3.05) is 0 Å². The molecule has 6 heteroatoms. The molecule has 0 aliphatic rings. The van der Waals surface area contributed by atoms with Gasteiger partial charge in [-0.3, -0.25) is 9.59 Å². The van der Waals surface area contributed by atoms with Gasteiger partial charge in [-0.05, 0) is 24.1 Å². The molecule has 0 radical (unpaired) electrons. The Hall–Kier alpha value is -2.11. The van der Waals surface area contributed by atoms with Crippen LogP contribution in [0.5, 0.6) is 5.75 Å². The molecule has 0 bridgehead atoms. The van der Waals surface area contributed by atoms with Crippen molar-refractivity contribution in [2.24, 2.45) is 11.7 Å². The van der Waals surface area contributed by atoms with E-state index in [9.17, 15) is 19.1 Å². The lowest BCUT2D eigenvalue weighted by Crippen LogP contribution is -2.47. The van der Waals surface area contributed by atoms with Gasteiger partial charge in [0.15, 0.2) is 0 Å². The number of phenolic OH excluding ortho intramolecular Hbond substituents is 1. The number of benzene rings is 1. The summed E-state index contributed by atoms with van der Waals surface area (Å²) in [6.07, 6.45) is 0. The Kier molecular flexibility index (Phi) is 4.25. The highest BCUT2D eigenvalue weighted by Crippen LogP contribution is 2.18. The molecule has 0 aliphatic carbocycles. The van der Waals surface area contributed by atoms with E-state index in [4.69, 9.17) is 5.73 Å². The molecule has 1 rings (SSSR count). The first-order valence-electron chi connectivity index (χ1n) is 5.41. The van der Waals surface area contributed by atoms with E-state index >= 15 is 0 Å². The van der Waals surface area contributed by atoms with Gasteiger partial charge in [-0.2, -0.15) is 0 Å². The third kappa shape index (κ3) is 3.19. The minimum Gasteiger partial charge on any atom is -0.507 e. The summed E-state index contributed by atoms with van der Waals surface area (Å²) in [5.74, 6) is -2.65. The number of amides is 2. The number of carbonyl (C=O) groups is 2. The van der Waals surface area contributed by atoms with Crippen LogP contribution >= 0.6 is 0 Å². The summed E-state index contributed by atoms with van der Waals surface area (Å²) < 4.78 is 13.0. The molecule has 18 heavy (non-hydrogen) atoms. The molecule has 1 aromatic rings. The molecule has 0 heterocycles. The van der Waals surface area contributed by atoms with Gasteiger partial charge >= 0.3 is 0 Å². The maximum absolute atomic E-state index is 13.0. The number of phenols is 1. The molecule has 1 atom stereocenters. The quantitative estimate of drug-likeness (QED) is 0.741. The summed E-state index contributed by atoms with van der Waals surface area (Å²) in [6.45, 7) is 3.42. The number of halogens is 1. The fraction of sp³-hybridized carbons (Fsp3) is 0.333. The van der Waals surface area contributed by atoms with Crippen LogP contribution in [0.3, 0.4) is 0 Å². The molecule has 0 spiro atoms. The number of carbonyl (C=O) groups excluding carboxylic acids is 2. The zero-order valence-electron chi connectivity index (χ0n) is 10.1. The van der Waals surface area contributed by atoms with Crippen LogP contribution < -0.4 is 11.1 Å². The van der Waals surface area contributed by atoms with E-state index in [1.54, 1.807) is 13.8 Å². The van der Waals surface area contributed by atoms with Crippen molar-refractivity contribution >= 4 is 11.8 Å². The number of nitrogens with one attached hydrogen (secondary N) is 1. The van der Waals surface area contributed by atoms with E-state index in [0.29, 0.717) is 0 Å². The number of hydrogen-bond acceptors (Lipinski definition) is 3. The molecule has 98 valence electrons. The average molecular weight is 254 g/mol. The number of primary amides is 1. The van der Waals surface area contributed by atoms with Crippen molar-refractivity contribution in [2.45, 2.75) is 19.9 Å². The predicted octanol–water partition coefficient (Wildman–Crippen LogP) is 0.771. The summed E-state index contributed by atoms with van der Waals surface area (Å²) >= 11 is 0. The van der Waals surface area contributed by atoms with E-state index in [0.717, 1.165) is 18.2 Å². The van der Waals surface area contributed by atoms with Crippen molar-refractivity contribution in [3.63, 3.8) is 0 Å². The van der Waals surface area contributed by atoms with Crippen LogP contribution in [0.1, 0.15) is 24.2 Å². The second kappa shape index (κ2) is 5.48. The average Bonchev–Trinajstić information content (AvgIpc) is 2.28. The van der Waals surface area contributed by atoms with Crippen molar-refractivity contribution in [1.29, 1.82) is 0 Å². The molecule has 1 aromatic carbocycles. The number of hydrogen-bond donors (Lipinski definition) is 3. The fourth-order valence-corrected chi connectivity index (χ4v) is 1.48. The highest BCUT2D eigenvalue weighted by Gasteiger charge is 2.23. The second-order valence-electron chi connectivity index (χ2n) is 4.26. The van der Waals surface area contributed by atoms with Crippen LogP contribution in [0.4, 0.5) is 4.39 Å². The minimum absolute atomic E-state index is 0.206. The van der Waals surface area contributed by atoms with Crippen molar-refractivity contribution < 1.29 is 19.1 Å². The third-order valence-electron chi connectivity index (χ3n) is 2.46. The lowest BCUT2D eigenvalue weighted by Gasteiger charge is -2.19. The van der Waals surface area contributed by atoms with Gasteiger partial charge in [-0.25, -0.2) is 4.39 Å². The van der Waals surface area contributed by atoms with Gasteiger partial charge in [0.05, 0.1) is 5.56 Å². The first-order valence-corrected chi connectivity index (χ1v) is 5.41. The predicted molar refractivity (Wildman–Crippen MR) is 63.4 cm³/mol. The third-order valence-corrected chi connectivity index (χ3v) is 2.46. The van der Waals surface area contributed by atoms with Crippen LogP contribution in [0.25, 0.3) is 0 Å². The molecule has 0 fully saturated rings. The van der Waals surface area contributed by atoms with Gasteiger partial charge in [0.25, 0.3) is 5.91 Å². The van der Waals surface area contributed by atoms with E-state index in [1.807, 2.05) is 0 Å². The van der Waals surface area contributed by atoms with Crippen molar-refractivity contribution in [3.05, 3.63) is 29.6 Å². The Morgan fingerprint density at radius 1 is 1.39 bits per heavy atom. The first kappa shape index (κ1) is 14.0. The van der Waals surface area contributed by atoms with Gasteiger partial charge in [0.2, 0.25) is 5.91 Å². The molecule has 4 N–H and O–H groups in total. The second-order valence-corrected chi connectivity index (χ2v) is 4.26. The maximum Gasteiger partial charge on any atom is 0.255 e. The molecule has 0 aromatic heterocycles. The van der Waals surface area contributed by atoms with Crippen LogP contribution in [-0.4, -0.2) is 23.0 Å². The number of rotatable bonds is 4. The molecule has 0 saturated carbocycles. The normalized spacial score (nSPS) is 12.2. The summed E-state index contributed by atoms with van der Waals surface area (Å²) in [5, 5.41) is 11.8. The van der Waals surface area contributed by atoms with Crippen molar-refractivity contribution in [1.82, 2.24) is 5.32 Å². The molecule has 0 aliphatic heterocycles. The zero-order valence-corrected chi connectivity index (χ0v) is 10.1. The molecule has 5 nitrogen and oxygen atoms in total. The van der Waals surface area contributed by atoms with Gasteiger partial charge in [-0.1, -0.05) is 13.8 Å². The topological polar surface area (TPSA) is 92.4 Å². The van der Waals surface area contributed by atoms with E-state index in [1.165, 1.54) is 0 Å². The van der Waals surface area contributed by atoms with E-state index in [2.05, 4.69) is 5.32 Å². The molecular weight excluding hydrogens is 239 g/mol. The lowest BCUT2D eigenvalue weighted by atomic mass is 10.0. The fourth-order valence-electron chi connectivity index (χ4n) is 1.48. The zero-order chi connectivity index (χ0) is 13.9. The summed E-state index contributed by atoms with van der Waals surface area (Å²) in [6, 6.07) is 2.11. The molecule has 0 saturated heterocycles. The van der Waals surface area contributed by atoms with E-state index < -0.39 is 23.7 Å². The summed E-state index contributed by atoms with van der Waals surface area (Å²) in [5.41, 5.74) is 4.91. The maximum atomic E-state index is 13.0. The Labute approximate surface area is 104 Å². The lowest BCUT2D eigenvalue weighted by molar-refractivity contribution is -0.120. The standard InChI is InChI=1S/C12H15FN2O3/c1-6(2)10(11(14)17)15-12(18)8-5-7(13)3-4-9(8)16/h3-6,10,16H,1-2H3,(H2,14,17)(H,15,18). The SMILES string of the molecule is CC(C)C(NC(=O)c1cc(F)ccc1O)C(N)=O. The van der Waals surface area contributed by atoms with Gasteiger partial charge < -0.3 is 16.2 Å². The van der Waals surface area contributed by atoms with Crippen molar-refractivity contribution in [3.8, 4) is 5.75 Å². The first-order chi connectivity index (χ1) is 8.32. The molecule has 1 unspecified atom stereocenters. The molecule has 2 amide bonds. The smallest absolute Gasteiger partial charge is 0.255 e. The summed E-state index contributed by atoms with van der Waals surface area (Å²) in [7, 11) is 0. The van der Waals surface area contributed by atoms with Gasteiger partial charge in [0, 0.05) is 0 Å². The molecular formula is C12H15FN2O3. The number of aromatic hydroxyl groups is 1. The van der Waals surface area contributed by atoms with Crippen LogP contribution in [0.2, 0.25) is 0 Å². The highest BCUT2D eigenvalue weighted by atomic mass is 19.1. The van der Waals surface area contributed by atoms with Crippen LogP contribution in [0.15, 0.2) is 18.2 Å². The van der Waals surface area contributed by atoms with Crippen LogP contribution in [0, 0.1) is 11.7 Å². The van der Waals surface area contributed by atoms with Gasteiger partial charge in [-0.15, -0.1) is 0 Å². The Bertz CT molecular complexity index is 474. The monoisotopic (exact) mass is 254 g/mol. The highest BCUT2D eigenvalue weighted by molar-refractivity contribution is 5.99. The Morgan fingerprint density at radius 3 is 2.50 bits per heavy atom. The largest absolute Gasteiger partial charge is 0.507 e.